The molecule has 3 aromatic rings. The highest BCUT2D eigenvalue weighted by atomic mass is 16.5. The molecule has 1 aromatic heterocycles. The van der Waals surface area contributed by atoms with Crippen molar-refractivity contribution in [3.8, 4) is 17.2 Å². The molecule has 0 N–H and O–H groups in total. The average Bonchev–Trinajstić information content (AvgIpc) is 2.58. The summed E-state index contributed by atoms with van der Waals surface area (Å²) in [5, 5.41) is 0.361. The first kappa shape index (κ1) is 17.7. The summed E-state index contributed by atoms with van der Waals surface area (Å²) in [6, 6.07) is 12.3. The van der Waals surface area contributed by atoms with Crippen molar-refractivity contribution >= 4 is 16.9 Å². The predicted octanol–water partition coefficient (Wildman–Crippen LogP) is 4.94. The van der Waals surface area contributed by atoms with E-state index in [1.54, 1.807) is 19.1 Å². The molecule has 1 heterocycles. The summed E-state index contributed by atoms with van der Waals surface area (Å²) < 4.78 is 16.5. The Kier molecular flexibility index (Phi) is 4.80. The summed E-state index contributed by atoms with van der Waals surface area (Å²) >= 11 is 0. The van der Waals surface area contributed by atoms with Crippen LogP contribution in [-0.4, -0.2) is 5.97 Å². The number of aryl methyl sites for hydroxylation is 1. The van der Waals surface area contributed by atoms with E-state index in [2.05, 4.69) is 13.8 Å². The lowest BCUT2D eigenvalue weighted by atomic mass is 10.0. The minimum absolute atomic E-state index is 0.148. The van der Waals surface area contributed by atoms with Gasteiger partial charge in [-0.3, -0.25) is 9.59 Å². The van der Waals surface area contributed by atoms with E-state index in [1.807, 2.05) is 24.3 Å². The van der Waals surface area contributed by atoms with Gasteiger partial charge < -0.3 is 13.9 Å². The molecule has 0 spiro atoms. The lowest BCUT2D eigenvalue weighted by molar-refractivity contribution is -0.131. The van der Waals surface area contributed by atoms with Crippen LogP contribution in [0.5, 0.6) is 17.2 Å². The van der Waals surface area contributed by atoms with Crippen molar-refractivity contribution in [2.75, 3.05) is 0 Å². The summed E-state index contributed by atoms with van der Waals surface area (Å²) in [5.74, 6) is 1.38. The van der Waals surface area contributed by atoms with Gasteiger partial charge in [-0.05, 0) is 42.7 Å². The standard InChI is InChI=1S/C21H20O5/c1-12(2)15-5-7-16(8-6-15)26-21-13(3)24-19-11-17(25-14(4)22)9-10-18(19)20(21)23/h5-12H,1-4H3. The van der Waals surface area contributed by atoms with Crippen LogP contribution in [0.1, 0.15) is 38.0 Å². The lowest BCUT2D eigenvalue weighted by Crippen LogP contribution is -2.08. The fourth-order valence-electron chi connectivity index (χ4n) is 2.65. The Labute approximate surface area is 151 Å². The SMILES string of the molecule is CC(=O)Oc1ccc2c(=O)c(Oc3ccc(C(C)C)cc3)c(C)oc2c1. The third-order valence-corrected chi connectivity index (χ3v) is 4.02. The molecule has 0 saturated heterocycles. The molecule has 0 radical (unpaired) electrons. The van der Waals surface area contributed by atoms with Crippen molar-refractivity contribution in [2.45, 2.75) is 33.6 Å². The van der Waals surface area contributed by atoms with Crippen LogP contribution in [0.3, 0.4) is 0 Å². The summed E-state index contributed by atoms with van der Waals surface area (Å²) in [6.07, 6.45) is 0. The van der Waals surface area contributed by atoms with Crippen LogP contribution in [0.4, 0.5) is 0 Å². The highest BCUT2D eigenvalue weighted by Crippen LogP contribution is 2.28. The molecule has 0 aliphatic carbocycles. The highest BCUT2D eigenvalue weighted by Gasteiger charge is 2.15. The zero-order valence-corrected chi connectivity index (χ0v) is 15.2. The molecule has 2 aromatic carbocycles. The van der Waals surface area contributed by atoms with Gasteiger partial charge >= 0.3 is 5.97 Å². The lowest BCUT2D eigenvalue weighted by Gasteiger charge is -2.11. The van der Waals surface area contributed by atoms with Crippen LogP contribution in [0.2, 0.25) is 0 Å². The Morgan fingerprint density at radius 3 is 2.31 bits per heavy atom. The zero-order valence-electron chi connectivity index (χ0n) is 15.2. The molecule has 3 rings (SSSR count). The van der Waals surface area contributed by atoms with Gasteiger partial charge in [0.1, 0.15) is 22.8 Å². The predicted molar refractivity (Wildman–Crippen MR) is 99.1 cm³/mol. The number of carbonyl (C=O) groups excluding carboxylic acids is 1. The second kappa shape index (κ2) is 7.04. The molecular weight excluding hydrogens is 332 g/mol. The Hall–Kier alpha value is -3.08. The molecule has 5 nitrogen and oxygen atoms in total. The fourth-order valence-corrected chi connectivity index (χ4v) is 2.65. The molecular formula is C21H20O5. The van der Waals surface area contributed by atoms with Crippen molar-refractivity contribution in [1.29, 1.82) is 0 Å². The van der Waals surface area contributed by atoms with Gasteiger partial charge in [0.15, 0.2) is 0 Å². The quantitative estimate of drug-likeness (QED) is 0.491. The number of fused-ring (bicyclic) bond motifs is 1. The smallest absolute Gasteiger partial charge is 0.308 e. The van der Waals surface area contributed by atoms with Gasteiger partial charge in [0.25, 0.3) is 0 Å². The largest absolute Gasteiger partial charge is 0.457 e. The molecule has 0 amide bonds. The normalized spacial score (nSPS) is 11.0. The molecule has 0 bridgehead atoms. The maximum atomic E-state index is 12.8. The highest BCUT2D eigenvalue weighted by molar-refractivity contribution is 5.81. The third kappa shape index (κ3) is 3.61. The van der Waals surface area contributed by atoms with Gasteiger partial charge in [0, 0.05) is 13.0 Å². The van der Waals surface area contributed by atoms with Crippen LogP contribution in [-0.2, 0) is 4.79 Å². The van der Waals surface area contributed by atoms with E-state index in [4.69, 9.17) is 13.9 Å². The second-order valence-corrected chi connectivity index (χ2v) is 6.39. The number of hydrogen-bond donors (Lipinski definition) is 0. The van der Waals surface area contributed by atoms with Gasteiger partial charge in [-0.1, -0.05) is 26.0 Å². The van der Waals surface area contributed by atoms with E-state index in [0.29, 0.717) is 34.1 Å². The summed E-state index contributed by atoms with van der Waals surface area (Å²) in [6.45, 7) is 7.20. The van der Waals surface area contributed by atoms with Gasteiger partial charge in [-0.15, -0.1) is 0 Å². The van der Waals surface area contributed by atoms with Gasteiger partial charge in [0.2, 0.25) is 11.2 Å². The fraction of sp³-hybridized carbons (Fsp3) is 0.238. The molecule has 5 heteroatoms. The Morgan fingerprint density at radius 1 is 1.04 bits per heavy atom. The van der Waals surface area contributed by atoms with Crippen LogP contribution in [0, 0.1) is 6.92 Å². The van der Waals surface area contributed by atoms with E-state index >= 15 is 0 Å². The third-order valence-electron chi connectivity index (χ3n) is 4.02. The van der Waals surface area contributed by atoms with E-state index in [-0.39, 0.29) is 11.2 Å². The first-order valence-electron chi connectivity index (χ1n) is 8.39. The van der Waals surface area contributed by atoms with Crippen LogP contribution < -0.4 is 14.9 Å². The minimum Gasteiger partial charge on any atom is -0.457 e. The molecule has 0 saturated carbocycles. The first-order chi connectivity index (χ1) is 12.3. The van der Waals surface area contributed by atoms with Crippen LogP contribution >= 0.6 is 0 Å². The average molecular weight is 352 g/mol. The van der Waals surface area contributed by atoms with Crippen molar-refractivity contribution in [3.05, 3.63) is 64.0 Å². The monoisotopic (exact) mass is 352 g/mol. The van der Waals surface area contributed by atoms with Crippen molar-refractivity contribution in [2.24, 2.45) is 0 Å². The van der Waals surface area contributed by atoms with Gasteiger partial charge in [-0.2, -0.15) is 0 Å². The maximum absolute atomic E-state index is 12.8. The summed E-state index contributed by atoms with van der Waals surface area (Å²) in [7, 11) is 0. The van der Waals surface area contributed by atoms with E-state index in [0.717, 1.165) is 0 Å². The van der Waals surface area contributed by atoms with E-state index in [9.17, 15) is 9.59 Å². The summed E-state index contributed by atoms with van der Waals surface area (Å²) in [4.78, 5) is 23.8. The minimum atomic E-state index is -0.437. The molecule has 0 atom stereocenters. The Morgan fingerprint density at radius 2 is 1.69 bits per heavy atom. The molecule has 0 aliphatic rings. The molecule has 0 unspecified atom stereocenters. The zero-order chi connectivity index (χ0) is 18.8. The van der Waals surface area contributed by atoms with E-state index < -0.39 is 5.97 Å². The molecule has 26 heavy (non-hydrogen) atoms. The van der Waals surface area contributed by atoms with Crippen LogP contribution in [0.25, 0.3) is 11.0 Å². The maximum Gasteiger partial charge on any atom is 0.308 e. The van der Waals surface area contributed by atoms with Crippen molar-refractivity contribution < 1.29 is 18.7 Å². The topological polar surface area (TPSA) is 65.7 Å². The van der Waals surface area contributed by atoms with Gasteiger partial charge in [-0.25, -0.2) is 0 Å². The van der Waals surface area contributed by atoms with Crippen LogP contribution in [0.15, 0.2) is 51.7 Å². The Balaban J connectivity index is 1.98. The summed E-state index contributed by atoms with van der Waals surface area (Å²) in [5.41, 5.74) is 1.26. The number of rotatable bonds is 4. The van der Waals surface area contributed by atoms with E-state index in [1.165, 1.54) is 18.6 Å². The van der Waals surface area contributed by atoms with Crippen molar-refractivity contribution in [1.82, 2.24) is 0 Å². The molecule has 0 aliphatic heterocycles. The van der Waals surface area contributed by atoms with Crippen molar-refractivity contribution in [3.63, 3.8) is 0 Å². The number of ether oxygens (including phenoxy) is 2. The Bertz CT molecular complexity index is 1010. The number of esters is 1. The van der Waals surface area contributed by atoms with Gasteiger partial charge in [0.05, 0.1) is 5.39 Å². The second-order valence-electron chi connectivity index (χ2n) is 6.39. The number of hydrogen-bond acceptors (Lipinski definition) is 5. The first-order valence-corrected chi connectivity index (χ1v) is 8.39. The number of benzene rings is 2. The molecule has 0 fully saturated rings. The number of carbonyl (C=O) groups is 1. The molecule has 134 valence electrons.